The Morgan fingerprint density at radius 1 is 0.591 bits per heavy atom. The summed E-state index contributed by atoms with van der Waals surface area (Å²) in [4.78, 5) is 0. The molecule has 0 unspecified atom stereocenters. The average molecular weight is 399 g/mol. The molecule has 0 aliphatic heterocycles. The van der Waals surface area contributed by atoms with E-state index in [1.165, 1.54) is 0 Å². The van der Waals surface area contributed by atoms with Gasteiger partial charge < -0.3 is 0 Å². The second-order valence-corrected chi connectivity index (χ2v) is 50.7. The van der Waals surface area contributed by atoms with Crippen molar-refractivity contribution < 1.29 is 0 Å². The molecule has 0 aliphatic rings. The maximum atomic E-state index is 2.74. The fourth-order valence-corrected chi connectivity index (χ4v) is 80.8. The summed E-state index contributed by atoms with van der Waals surface area (Å²) in [7, 11) is -5.30. The van der Waals surface area contributed by atoms with Crippen LogP contribution in [0.15, 0.2) is 35.0 Å². The monoisotopic (exact) mass is 398 g/mol. The molecule has 0 fully saturated rings. The van der Waals surface area contributed by atoms with Crippen molar-refractivity contribution in [3.05, 3.63) is 35.0 Å². The third kappa shape index (κ3) is 2.65. The van der Waals surface area contributed by atoms with Crippen molar-refractivity contribution in [2.24, 2.45) is 0 Å². The summed E-state index contributed by atoms with van der Waals surface area (Å²) in [6.07, 6.45) is 0. The molecule has 0 atom stereocenters. The van der Waals surface area contributed by atoms with Crippen molar-refractivity contribution in [2.75, 3.05) is 0 Å². The highest BCUT2D eigenvalue weighted by molar-refractivity contribution is 7.87. The predicted octanol–water partition coefficient (Wildman–Crippen LogP) is 4.99. The molecule has 122 valence electrons. The van der Waals surface area contributed by atoms with E-state index in [4.69, 9.17) is 0 Å². The van der Waals surface area contributed by atoms with E-state index in [9.17, 15) is 0 Å². The summed E-state index contributed by atoms with van der Waals surface area (Å²) in [5.74, 6) is 0. The summed E-state index contributed by atoms with van der Waals surface area (Å²) in [6, 6.07) is 9.37. The lowest BCUT2D eigenvalue weighted by atomic mass is 10.7. The standard InChI is InChI=1S/C16H30S2Si4/c1-19(2,15-11-9-13-17-15)21(5,6)22(7,8)20(3,4)16-12-10-14-18-16/h9-14H,1-8H3. The van der Waals surface area contributed by atoms with E-state index in [1.807, 2.05) is 22.7 Å². The first-order chi connectivity index (χ1) is 9.96. The Hall–Kier alpha value is 0.268. The highest BCUT2D eigenvalue weighted by atomic mass is 32.1. The highest BCUT2D eigenvalue weighted by Gasteiger charge is 2.60. The van der Waals surface area contributed by atoms with E-state index in [1.54, 1.807) is 9.00 Å². The minimum Gasteiger partial charge on any atom is -0.154 e. The van der Waals surface area contributed by atoms with Crippen LogP contribution in [-0.2, 0) is 0 Å². The molecule has 0 spiro atoms. The number of hydrogen-bond donors (Lipinski definition) is 0. The molecule has 2 aromatic rings. The molecule has 0 saturated carbocycles. The van der Waals surface area contributed by atoms with E-state index in [-0.39, 0.29) is 0 Å². The van der Waals surface area contributed by atoms with Crippen LogP contribution in [0.1, 0.15) is 0 Å². The van der Waals surface area contributed by atoms with Crippen molar-refractivity contribution in [1.82, 2.24) is 0 Å². The molecule has 0 bridgehead atoms. The quantitative estimate of drug-likeness (QED) is 0.622. The lowest BCUT2D eigenvalue weighted by molar-refractivity contribution is 1.76. The lowest BCUT2D eigenvalue weighted by Crippen LogP contribution is -2.83. The lowest BCUT2D eigenvalue weighted by Gasteiger charge is -2.54. The van der Waals surface area contributed by atoms with Gasteiger partial charge in [0.05, 0.1) is 15.2 Å². The summed E-state index contributed by atoms with van der Waals surface area (Å²) in [5, 5.41) is 4.57. The number of rotatable bonds is 5. The smallest absolute Gasteiger partial charge is 0.0837 e. The zero-order chi connectivity index (χ0) is 16.8. The van der Waals surface area contributed by atoms with Gasteiger partial charge in [-0.1, -0.05) is 76.6 Å². The number of hydrogen-bond acceptors (Lipinski definition) is 2. The Balaban J connectivity index is 2.51. The fraction of sp³-hybridized carbons (Fsp3) is 0.500. The summed E-state index contributed by atoms with van der Waals surface area (Å²) < 4.78 is 3.47. The van der Waals surface area contributed by atoms with Gasteiger partial charge in [-0.25, -0.2) is 0 Å². The molecule has 0 amide bonds. The molecule has 0 nitrogen and oxygen atoms in total. The molecule has 0 aromatic carbocycles. The predicted molar refractivity (Wildman–Crippen MR) is 118 cm³/mol. The molecule has 0 saturated heterocycles. The number of thiophene rings is 2. The van der Waals surface area contributed by atoms with Gasteiger partial charge in [-0.3, -0.25) is 0 Å². The Morgan fingerprint density at radius 2 is 0.909 bits per heavy atom. The zero-order valence-electron chi connectivity index (χ0n) is 15.3. The maximum Gasteiger partial charge on any atom is 0.0837 e. The maximum absolute atomic E-state index is 2.74. The molecule has 0 aliphatic carbocycles. The third-order valence-electron chi connectivity index (χ3n) is 6.96. The normalized spacial score (nSPS) is 14.4. The van der Waals surface area contributed by atoms with Crippen molar-refractivity contribution in [3.63, 3.8) is 0 Å². The third-order valence-corrected chi connectivity index (χ3v) is 79.8. The molecule has 0 N–H and O–H groups in total. The first-order valence-corrected chi connectivity index (χ1v) is 24.8. The van der Waals surface area contributed by atoms with E-state index < -0.39 is 29.4 Å². The first-order valence-electron chi connectivity index (χ1n) is 8.04. The Labute approximate surface area is 148 Å². The van der Waals surface area contributed by atoms with Gasteiger partial charge in [0.1, 0.15) is 0 Å². The SMILES string of the molecule is C[Si](C)(c1cccs1)[Si](C)(C)[Si](C)(C)[Si](C)(C)c1cccs1. The largest absolute Gasteiger partial charge is 0.154 e. The van der Waals surface area contributed by atoms with Crippen LogP contribution in [0, 0.1) is 0 Å². The van der Waals surface area contributed by atoms with Crippen LogP contribution in [0.3, 0.4) is 0 Å². The molecule has 2 heterocycles. The second-order valence-electron chi connectivity index (χ2n) is 8.45. The highest BCUT2D eigenvalue weighted by Crippen LogP contribution is 2.36. The van der Waals surface area contributed by atoms with Crippen LogP contribution in [0.25, 0.3) is 0 Å². The molecular formula is C16H30S2Si4. The Bertz CT molecular complexity index is 554. The van der Waals surface area contributed by atoms with Crippen molar-refractivity contribution in [1.29, 1.82) is 0 Å². The molecule has 2 aromatic heterocycles. The van der Waals surface area contributed by atoms with Gasteiger partial charge >= 0.3 is 0 Å². The topological polar surface area (TPSA) is 0 Å². The van der Waals surface area contributed by atoms with Gasteiger partial charge in [-0.15, -0.1) is 0 Å². The van der Waals surface area contributed by atoms with Crippen LogP contribution in [0.5, 0.6) is 0 Å². The van der Waals surface area contributed by atoms with Crippen molar-refractivity contribution >= 4 is 61.1 Å². The minimum atomic E-state index is -1.35. The fourth-order valence-electron chi connectivity index (χ4n) is 3.45. The van der Waals surface area contributed by atoms with E-state index in [0.717, 1.165) is 0 Å². The molecular weight excluding hydrogens is 369 g/mol. The second kappa shape index (κ2) is 5.97. The molecule has 0 radical (unpaired) electrons. The van der Waals surface area contributed by atoms with Crippen molar-refractivity contribution in [3.8, 4) is 0 Å². The van der Waals surface area contributed by atoms with Crippen LogP contribution < -0.4 is 9.00 Å². The van der Waals surface area contributed by atoms with Gasteiger partial charge in [0.2, 0.25) is 0 Å². The zero-order valence-corrected chi connectivity index (χ0v) is 20.9. The van der Waals surface area contributed by atoms with Crippen LogP contribution in [0.4, 0.5) is 0 Å². The van der Waals surface area contributed by atoms with E-state index in [0.29, 0.717) is 0 Å². The van der Waals surface area contributed by atoms with Gasteiger partial charge in [0.15, 0.2) is 0 Å². The van der Waals surface area contributed by atoms with Gasteiger partial charge in [0, 0.05) is 14.2 Å². The molecule has 6 heteroatoms. The van der Waals surface area contributed by atoms with Gasteiger partial charge in [-0.05, 0) is 19.8 Å². The Kier molecular flexibility index (Phi) is 5.04. The summed E-state index contributed by atoms with van der Waals surface area (Å²) in [5.41, 5.74) is 0. The molecule has 2 rings (SSSR count). The van der Waals surface area contributed by atoms with Crippen molar-refractivity contribution in [2.45, 2.75) is 52.4 Å². The van der Waals surface area contributed by atoms with Gasteiger partial charge in [-0.2, -0.15) is 22.7 Å². The van der Waals surface area contributed by atoms with Crippen LogP contribution >= 0.6 is 22.7 Å². The van der Waals surface area contributed by atoms with Crippen LogP contribution in [0.2, 0.25) is 52.4 Å². The molecule has 22 heavy (non-hydrogen) atoms. The van der Waals surface area contributed by atoms with E-state index in [2.05, 4.69) is 87.4 Å². The van der Waals surface area contributed by atoms with Gasteiger partial charge in [0.25, 0.3) is 0 Å². The minimum absolute atomic E-state index is 1.30. The summed E-state index contributed by atoms with van der Waals surface area (Å²) >= 11 is 4.04. The first kappa shape index (κ1) is 18.6. The van der Waals surface area contributed by atoms with E-state index >= 15 is 0 Å². The average Bonchev–Trinajstić information content (AvgIpc) is 3.11. The summed E-state index contributed by atoms with van der Waals surface area (Å²) in [6.45, 7) is 21.6. The van der Waals surface area contributed by atoms with Crippen LogP contribution in [-0.4, -0.2) is 29.4 Å². The Morgan fingerprint density at radius 3 is 1.14 bits per heavy atom.